The first-order valence-corrected chi connectivity index (χ1v) is 10.5. The van der Waals surface area contributed by atoms with Crippen molar-refractivity contribution in [2.24, 2.45) is 4.99 Å². The van der Waals surface area contributed by atoms with Crippen LogP contribution in [0.25, 0.3) is 27.6 Å². The number of aromatic nitrogens is 3. The van der Waals surface area contributed by atoms with Crippen molar-refractivity contribution in [2.75, 3.05) is 0 Å². The summed E-state index contributed by atoms with van der Waals surface area (Å²) in [6.45, 7) is 6.99. The fourth-order valence-electron chi connectivity index (χ4n) is 3.88. The Bertz CT molecular complexity index is 1520. The summed E-state index contributed by atoms with van der Waals surface area (Å²) in [4.78, 5) is 17.9. The first kappa shape index (κ1) is 22.6. The maximum atomic E-state index is 14.2. The van der Waals surface area contributed by atoms with E-state index in [4.69, 9.17) is 0 Å². The minimum atomic E-state index is -0.463. The molecule has 0 amide bonds. The molecule has 0 unspecified atom stereocenters. The van der Waals surface area contributed by atoms with E-state index in [0.717, 1.165) is 5.56 Å². The van der Waals surface area contributed by atoms with Crippen LogP contribution in [0.1, 0.15) is 25.6 Å². The Labute approximate surface area is 195 Å². The SMILES string of the molecule is C=N/C(N[C@@H](C)c1cc2cccc(-c3ccnnc3)c2c(=O)n1-c1cccc(F)c1)=C(\C)C#N. The Morgan fingerprint density at radius 1 is 1.21 bits per heavy atom. The molecule has 0 aliphatic carbocycles. The maximum absolute atomic E-state index is 14.2. The van der Waals surface area contributed by atoms with Crippen LogP contribution in [0, 0.1) is 17.1 Å². The number of pyridine rings is 1. The molecule has 0 aliphatic rings. The predicted octanol–water partition coefficient (Wildman–Crippen LogP) is 4.69. The summed E-state index contributed by atoms with van der Waals surface area (Å²) in [5.74, 6) is -0.152. The number of hydrogen-bond acceptors (Lipinski definition) is 6. The molecule has 0 fully saturated rings. The molecule has 8 heteroatoms. The molecule has 7 nitrogen and oxygen atoms in total. The van der Waals surface area contributed by atoms with Gasteiger partial charge in [-0.2, -0.15) is 15.5 Å². The van der Waals surface area contributed by atoms with E-state index < -0.39 is 11.9 Å². The van der Waals surface area contributed by atoms with E-state index in [9.17, 15) is 14.4 Å². The zero-order valence-electron chi connectivity index (χ0n) is 18.7. The molecule has 1 N–H and O–H groups in total. The summed E-state index contributed by atoms with van der Waals surface area (Å²) >= 11 is 0. The highest BCUT2D eigenvalue weighted by Gasteiger charge is 2.20. The highest BCUT2D eigenvalue weighted by atomic mass is 19.1. The third kappa shape index (κ3) is 4.19. The molecule has 0 saturated carbocycles. The van der Waals surface area contributed by atoms with Crippen molar-refractivity contribution < 1.29 is 4.39 Å². The Morgan fingerprint density at radius 2 is 2.00 bits per heavy atom. The third-order valence-corrected chi connectivity index (χ3v) is 5.51. The van der Waals surface area contributed by atoms with E-state index in [1.165, 1.54) is 16.7 Å². The lowest BCUT2D eigenvalue weighted by Gasteiger charge is -2.22. The van der Waals surface area contributed by atoms with Gasteiger partial charge in [-0.1, -0.05) is 24.3 Å². The summed E-state index contributed by atoms with van der Waals surface area (Å²) in [5, 5.41) is 21.4. The van der Waals surface area contributed by atoms with E-state index >= 15 is 0 Å². The van der Waals surface area contributed by atoms with Gasteiger partial charge in [-0.15, -0.1) is 0 Å². The van der Waals surface area contributed by atoms with Crippen molar-refractivity contribution in [1.82, 2.24) is 20.1 Å². The van der Waals surface area contributed by atoms with Crippen LogP contribution in [0.2, 0.25) is 0 Å². The number of benzene rings is 2. The number of aliphatic imine (C=N–C) groups is 1. The van der Waals surface area contributed by atoms with Gasteiger partial charge in [0.05, 0.1) is 41.2 Å². The monoisotopic (exact) mass is 452 g/mol. The molecule has 0 spiro atoms. The van der Waals surface area contributed by atoms with E-state index in [1.54, 1.807) is 37.5 Å². The largest absolute Gasteiger partial charge is 0.361 e. The average Bonchev–Trinajstić information content (AvgIpc) is 2.86. The first-order chi connectivity index (χ1) is 16.4. The molecule has 2 aromatic heterocycles. The second-order valence-corrected chi connectivity index (χ2v) is 7.70. The summed E-state index contributed by atoms with van der Waals surface area (Å²) in [7, 11) is 0. The lowest BCUT2D eigenvalue weighted by molar-refractivity contribution is 0.603. The number of nitrogens with zero attached hydrogens (tertiary/aromatic N) is 5. The van der Waals surface area contributed by atoms with Crippen LogP contribution < -0.4 is 10.9 Å². The van der Waals surface area contributed by atoms with E-state index in [1.807, 2.05) is 37.3 Å². The number of rotatable bonds is 6. The first-order valence-electron chi connectivity index (χ1n) is 10.5. The lowest BCUT2D eigenvalue weighted by atomic mass is 9.99. The van der Waals surface area contributed by atoms with E-state index in [-0.39, 0.29) is 5.56 Å². The van der Waals surface area contributed by atoms with Crippen LogP contribution in [0.4, 0.5) is 4.39 Å². The molecule has 0 aliphatic heterocycles. The number of nitriles is 1. The molecular formula is C26H21FN6O. The zero-order valence-corrected chi connectivity index (χ0v) is 18.7. The second kappa shape index (κ2) is 9.46. The van der Waals surface area contributed by atoms with Gasteiger partial charge in [0.1, 0.15) is 11.6 Å². The Morgan fingerprint density at radius 3 is 2.68 bits per heavy atom. The molecule has 168 valence electrons. The summed E-state index contributed by atoms with van der Waals surface area (Å²) < 4.78 is 15.7. The number of fused-ring (bicyclic) bond motifs is 1. The van der Waals surface area contributed by atoms with Crippen molar-refractivity contribution in [2.45, 2.75) is 19.9 Å². The van der Waals surface area contributed by atoms with Crippen molar-refractivity contribution >= 4 is 17.5 Å². The highest BCUT2D eigenvalue weighted by Crippen LogP contribution is 2.29. The Kier molecular flexibility index (Phi) is 6.28. The van der Waals surface area contributed by atoms with Gasteiger partial charge in [0.15, 0.2) is 0 Å². The van der Waals surface area contributed by atoms with Crippen LogP contribution in [0.5, 0.6) is 0 Å². The van der Waals surface area contributed by atoms with Gasteiger partial charge >= 0.3 is 0 Å². The minimum Gasteiger partial charge on any atom is -0.361 e. The summed E-state index contributed by atoms with van der Waals surface area (Å²) in [6.07, 6.45) is 3.16. The Balaban J connectivity index is 2.03. The zero-order chi connectivity index (χ0) is 24.2. The van der Waals surface area contributed by atoms with Gasteiger partial charge in [0.2, 0.25) is 0 Å². The molecule has 4 aromatic rings. The molecule has 2 heterocycles. The molecule has 2 aromatic carbocycles. The fourth-order valence-corrected chi connectivity index (χ4v) is 3.88. The number of allylic oxidation sites excluding steroid dienone is 1. The van der Waals surface area contributed by atoms with Gasteiger partial charge in [-0.25, -0.2) is 9.38 Å². The molecule has 1 atom stereocenters. The predicted molar refractivity (Wildman–Crippen MR) is 130 cm³/mol. The van der Waals surface area contributed by atoms with Gasteiger partial charge in [0.25, 0.3) is 5.56 Å². The standard InChI is InChI=1S/C26H21FN6O/c1-16(14-28)25(29-3)32-17(2)23-12-18-6-4-9-22(19-10-11-30-31-15-19)24(18)26(34)33(23)21-8-5-7-20(27)13-21/h4-13,15,17,32H,3H2,1-2H3/b25-16-/t17-/m0/s1. The number of nitrogens with one attached hydrogen (secondary N) is 1. The average molecular weight is 452 g/mol. The maximum Gasteiger partial charge on any atom is 0.263 e. The topological polar surface area (TPSA) is 96.0 Å². The smallest absolute Gasteiger partial charge is 0.263 e. The van der Waals surface area contributed by atoms with Crippen LogP contribution in [0.15, 0.2) is 88.2 Å². The minimum absolute atomic E-state index is 0.310. The summed E-state index contributed by atoms with van der Waals surface area (Å²) in [5.41, 5.74) is 2.44. The van der Waals surface area contributed by atoms with Crippen LogP contribution in [-0.4, -0.2) is 21.5 Å². The molecule has 0 bridgehead atoms. The van der Waals surface area contributed by atoms with Crippen molar-refractivity contribution in [1.29, 1.82) is 5.26 Å². The van der Waals surface area contributed by atoms with Crippen LogP contribution in [0.3, 0.4) is 0 Å². The van der Waals surface area contributed by atoms with Crippen molar-refractivity contribution in [3.63, 3.8) is 0 Å². The lowest BCUT2D eigenvalue weighted by Crippen LogP contribution is -2.28. The fraction of sp³-hybridized carbons (Fsp3) is 0.115. The van der Waals surface area contributed by atoms with Gasteiger partial charge in [0, 0.05) is 11.3 Å². The van der Waals surface area contributed by atoms with E-state index in [0.29, 0.717) is 39.1 Å². The van der Waals surface area contributed by atoms with Crippen LogP contribution >= 0.6 is 0 Å². The van der Waals surface area contributed by atoms with Gasteiger partial charge in [-0.3, -0.25) is 9.36 Å². The number of hydrogen-bond donors (Lipinski definition) is 1. The highest BCUT2D eigenvalue weighted by molar-refractivity contribution is 5.96. The quantitative estimate of drug-likeness (QED) is 0.338. The molecular weight excluding hydrogens is 431 g/mol. The van der Waals surface area contributed by atoms with Gasteiger partial charge in [-0.05, 0) is 61.8 Å². The van der Waals surface area contributed by atoms with Crippen molar-refractivity contribution in [3.05, 3.63) is 100 Å². The second-order valence-electron chi connectivity index (χ2n) is 7.70. The third-order valence-electron chi connectivity index (χ3n) is 5.51. The Hall–Kier alpha value is -4.64. The summed E-state index contributed by atoms with van der Waals surface area (Å²) in [6, 6.07) is 16.7. The van der Waals surface area contributed by atoms with Gasteiger partial charge < -0.3 is 5.32 Å². The van der Waals surface area contributed by atoms with E-state index in [2.05, 4.69) is 27.2 Å². The molecule has 4 rings (SSSR count). The van der Waals surface area contributed by atoms with Crippen molar-refractivity contribution in [3.8, 4) is 22.9 Å². The molecule has 0 radical (unpaired) electrons. The normalized spacial score (nSPS) is 12.5. The van der Waals surface area contributed by atoms with Crippen LogP contribution in [-0.2, 0) is 0 Å². The molecule has 0 saturated heterocycles. The molecule has 34 heavy (non-hydrogen) atoms. The number of halogens is 1.